The first-order valence-electron chi connectivity index (χ1n) is 5.16. The summed E-state index contributed by atoms with van der Waals surface area (Å²) in [6.07, 6.45) is 1.40. The second-order valence-corrected chi connectivity index (χ2v) is 8.66. The lowest BCUT2D eigenvalue weighted by Crippen LogP contribution is -2.28. The van der Waals surface area contributed by atoms with Crippen LogP contribution in [0.15, 0.2) is 28.0 Å². The number of nitrogens with two attached hydrogens (primary N) is 1. The normalized spacial score (nSPS) is 14.2. The highest BCUT2D eigenvalue weighted by molar-refractivity contribution is 7.90. The number of primary sulfonamides is 1. The highest BCUT2D eigenvalue weighted by Gasteiger charge is 2.21. The van der Waals surface area contributed by atoms with Gasteiger partial charge in [0.05, 0.1) is 4.90 Å². The van der Waals surface area contributed by atoms with Crippen molar-refractivity contribution in [1.82, 2.24) is 4.72 Å². The van der Waals surface area contributed by atoms with E-state index in [1.54, 1.807) is 0 Å². The predicted octanol–water partition coefficient (Wildman–Crippen LogP) is -0.870. The zero-order valence-electron chi connectivity index (χ0n) is 10.4. The molecule has 20 heavy (non-hydrogen) atoms. The van der Waals surface area contributed by atoms with Gasteiger partial charge in [-0.25, -0.2) is 31.1 Å². The van der Waals surface area contributed by atoms with Gasteiger partial charge in [-0.05, 0) is 18.2 Å². The van der Waals surface area contributed by atoms with Gasteiger partial charge in [0.1, 0.15) is 10.7 Å². The van der Waals surface area contributed by atoms with Gasteiger partial charge in [0.25, 0.3) is 0 Å². The maximum atomic E-state index is 13.7. The molecule has 0 bridgehead atoms. The molecule has 1 rings (SSSR count). The molecule has 3 N–H and O–H groups in total. The molecule has 0 aliphatic heterocycles. The molecule has 7 nitrogen and oxygen atoms in total. The molecule has 1 unspecified atom stereocenters. The lowest BCUT2D eigenvalue weighted by molar-refractivity contribution is 0.554. The first kappa shape index (κ1) is 17.2. The molecule has 1 aromatic carbocycles. The lowest BCUT2D eigenvalue weighted by Gasteiger charge is -2.08. The van der Waals surface area contributed by atoms with E-state index in [2.05, 4.69) is 4.72 Å². The number of hydrogen-bond donors (Lipinski definition) is 2. The third kappa shape index (κ3) is 4.59. The van der Waals surface area contributed by atoms with Crippen LogP contribution in [0, 0.1) is 5.82 Å². The minimum Gasteiger partial charge on any atom is -0.260 e. The quantitative estimate of drug-likeness (QED) is 0.694. The van der Waals surface area contributed by atoms with Crippen LogP contribution in [-0.2, 0) is 30.8 Å². The molecule has 0 fully saturated rings. The van der Waals surface area contributed by atoms with Gasteiger partial charge >= 0.3 is 0 Å². The van der Waals surface area contributed by atoms with E-state index in [0.29, 0.717) is 6.07 Å². The maximum Gasteiger partial charge on any atom is 0.243 e. The maximum absolute atomic E-state index is 13.7. The fourth-order valence-corrected chi connectivity index (χ4v) is 3.41. The second kappa shape index (κ2) is 6.26. The second-order valence-electron chi connectivity index (χ2n) is 3.81. The Balaban J connectivity index is 3.05. The van der Waals surface area contributed by atoms with Crippen molar-refractivity contribution >= 4 is 30.8 Å². The first-order valence-corrected chi connectivity index (χ1v) is 9.92. The van der Waals surface area contributed by atoms with Gasteiger partial charge < -0.3 is 0 Å². The molecule has 0 aliphatic carbocycles. The van der Waals surface area contributed by atoms with Gasteiger partial charge in [-0.1, -0.05) is 0 Å². The van der Waals surface area contributed by atoms with Crippen molar-refractivity contribution in [3.8, 4) is 0 Å². The van der Waals surface area contributed by atoms with Gasteiger partial charge in [0, 0.05) is 29.4 Å². The van der Waals surface area contributed by atoms with E-state index in [4.69, 9.17) is 5.14 Å². The van der Waals surface area contributed by atoms with Gasteiger partial charge in [-0.2, -0.15) is 0 Å². The van der Waals surface area contributed by atoms with Crippen LogP contribution in [0.1, 0.15) is 0 Å². The summed E-state index contributed by atoms with van der Waals surface area (Å²) in [5.74, 6) is -1.16. The zero-order valence-corrected chi connectivity index (χ0v) is 12.8. The summed E-state index contributed by atoms with van der Waals surface area (Å²) in [5, 5.41) is 4.80. The number of hydrogen-bond acceptors (Lipinski definition) is 5. The van der Waals surface area contributed by atoms with Crippen molar-refractivity contribution in [3.63, 3.8) is 0 Å². The first-order chi connectivity index (χ1) is 9.04. The van der Waals surface area contributed by atoms with E-state index in [0.717, 1.165) is 12.1 Å². The van der Waals surface area contributed by atoms with Crippen LogP contribution in [0.4, 0.5) is 4.39 Å². The Bertz CT molecular complexity index is 730. The van der Waals surface area contributed by atoms with Crippen molar-refractivity contribution in [2.45, 2.75) is 9.79 Å². The minimum atomic E-state index is -4.14. The highest BCUT2D eigenvalue weighted by Crippen LogP contribution is 2.18. The Hall–Kier alpha value is -0.880. The Kier molecular flexibility index (Phi) is 5.38. The van der Waals surface area contributed by atoms with Crippen LogP contribution in [0.5, 0.6) is 0 Å². The monoisotopic (exact) mass is 344 g/mol. The standard InChI is InChI=1S/C9H13FN2O5S3/c1-18(13)5-4-12-20(16,17)9-3-2-7(6-8(9)10)19(11,14)15/h2-3,6,12H,4-5H2,1H3,(H2,11,14,15). The van der Waals surface area contributed by atoms with Gasteiger partial charge in [0.2, 0.25) is 20.0 Å². The minimum absolute atomic E-state index is 0.0795. The van der Waals surface area contributed by atoms with Crippen molar-refractivity contribution in [3.05, 3.63) is 24.0 Å². The average Bonchev–Trinajstić information content (AvgIpc) is 2.26. The van der Waals surface area contributed by atoms with Gasteiger partial charge in [-0.3, -0.25) is 4.21 Å². The molecule has 0 aliphatic rings. The number of benzene rings is 1. The lowest BCUT2D eigenvalue weighted by atomic mass is 10.3. The Morgan fingerprint density at radius 3 is 2.35 bits per heavy atom. The van der Waals surface area contributed by atoms with Crippen molar-refractivity contribution in [2.75, 3.05) is 18.6 Å². The van der Waals surface area contributed by atoms with E-state index in [9.17, 15) is 25.4 Å². The molecule has 0 radical (unpaired) electrons. The van der Waals surface area contributed by atoms with Crippen LogP contribution in [0.3, 0.4) is 0 Å². The molecule has 1 atom stereocenters. The third-order valence-electron chi connectivity index (χ3n) is 2.20. The Morgan fingerprint density at radius 2 is 1.90 bits per heavy atom. The molecule has 114 valence electrons. The van der Waals surface area contributed by atoms with E-state index in [1.807, 2.05) is 0 Å². The number of sulfonamides is 2. The fourth-order valence-electron chi connectivity index (χ4n) is 1.27. The highest BCUT2D eigenvalue weighted by atomic mass is 32.2. The van der Waals surface area contributed by atoms with Crippen molar-refractivity contribution in [1.29, 1.82) is 0 Å². The summed E-state index contributed by atoms with van der Waals surface area (Å²) in [4.78, 5) is -1.23. The summed E-state index contributed by atoms with van der Waals surface area (Å²) in [6, 6.07) is 2.23. The molecule has 1 aromatic rings. The van der Waals surface area contributed by atoms with E-state index in [1.165, 1.54) is 6.26 Å². The van der Waals surface area contributed by atoms with Crippen molar-refractivity contribution in [2.24, 2.45) is 5.14 Å². The Morgan fingerprint density at radius 1 is 1.30 bits per heavy atom. The average molecular weight is 344 g/mol. The molecule has 0 aromatic heterocycles. The van der Waals surface area contributed by atoms with Crippen LogP contribution in [-0.4, -0.2) is 39.6 Å². The number of nitrogens with one attached hydrogen (secondary N) is 1. The van der Waals surface area contributed by atoms with Gasteiger partial charge in [0.15, 0.2) is 0 Å². The summed E-state index contributed by atoms with van der Waals surface area (Å²) >= 11 is 0. The summed E-state index contributed by atoms with van der Waals surface area (Å²) in [5.41, 5.74) is 0. The third-order valence-corrected chi connectivity index (χ3v) is 5.39. The van der Waals surface area contributed by atoms with E-state index >= 15 is 0 Å². The SMILES string of the molecule is CS(=O)CCNS(=O)(=O)c1ccc(S(N)(=O)=O)cc1F. The molecule has 0 saturated heterocycles. The number of rotatable bonds is 6. The number of halogens is 1. The van der Waals surface area contributed by atoms with Gasteiger partial charge in [-0.15, -0.1) is 0 Å². The van der Waals surface area contributed by atoms with Crippen LogP contribution < -0.4 is 9.86 Å². The van der Waals surface area contributed by atoms with Crippen LogP contribution in [0.25, 0.3) is 0 Å². The largest absolute Gasteiger partial charge is 0.260 e. The fraction of sp³-hybridized carbons (Fsp3) is 0.333. The summed E-state index contributed by atoms with van der Waals surface area (Å²) in [6.45, 7) is -0.123. The zero-order chi connectivity index (χ0) is 15.6. The molecular weight excluding hydrogens is 331 g/mol. The summed E-state index contributed by atoms with van der Waals surface area (Å²) < 4.78 is 72.1. The van der Waals surface area contributed by atoms with E-state index in [-0.39, 0.29) is 12.3 Å². The summed E-state index contributed by atoms with van der Waals surface area (Å²) in [7, 11) is -9.45. The van der Waals surface area contributed by atoms with Crippen LogP contribution in [0.2, 0.25) is 0 Å². The van der Waals surface area contributed by atoms with E-state index < -0.39 is 46.5 Å². The molecule has 0 saturated carbocycles. The molecule has 0 spiro atoms. The smallest absolute Gasteiger partial charge is 0.243 e. The van der Waals surface area contributed by atoms with Crippen molar-refractivity contribution < 1.29 is 25.4 Å². The molecule has 0 amide bonds. The topological polar surface area (TPSA) is 123 Å². The molecule has 0 heterocycles. The predicted molar refractivity (Wildman–Crippen MR) is 71.9 cm³/mol. The van der Waals surface area contributed by atoms with Crippen LogP contribution >= 0.6 is 0 Å². The Labute approximate surface area is 118 Å². The molecule has 11 heteroatoms. The molecular formula is C9H13FN2O5S3.